The number of morpholine rings is 1. The summed E-state index contributed by atoms with van der Waals surface area (Å²) in [6.45, 7) is 6.13. The van der Waals surface area contributed by atoms with E-state index >= 15 is 0 Å². The number of nitrogens with zero attached hydrogens (tertiary/aromatic N) is 3. The Kier molecular flexibility index (Phi) is 4.68. The van der Waals surface area contributed by atoms with Gasteiger partial charge in [0.25, 0.3) is 0 Å². The molecule has 1 atom stereocenters. The Balaban J connectivity index is 1.99. The van der Waals surface area contributed by atoms with Crippen molar-refractivity contribution in [3.05, 3.63) is 18.5 Å². The average Bonchev–Trinajstić information content (AvgIpc) is 2.39. The molecular formula is C13H20N4O2. The Morgan fingerprint density at radius 3 is 3.11 bits per heavy atom. The van der Waals surface area contributed by atoms with Crippen LogP contribution in [0.25, 0.3) is 0 Å². The van der Waals surface area contributed by atoms with Crippen LogP contribution in [0.2, 0.25) is 0 Å². The van der Waals surface area contributed by atoms with E-state index in [4.69, 9.17) is 4.74 Å². The first-order valence-electron chi connectivity index (χ1n) is 6.59. The monoisotopic (exact) mass is 264 g/mol. The molecule has 0 aromatic carbocycles. The lowest BCUT2D eigenvalue weighted by atomic mass is 10.0. The van der Waals surface area contributed by atoms with E-state index in [1.165, 1.54) is 6.20 Å². The summed E-state index contributed by atoms with van der Waals surface area (Å²) in [6.07, 6.45) is 4.04. The largest absolute Gasteiger partial charge is 0.377 e. The first-order valence-corrected chi connectivity index (χ1v) is 6.59. The third-order valence-electron chi connectivity index (χ3n) is 3.07. The van der Waals surface area contributed by atoms with Gasteiger partial charge in [0, 0.05) is 6.54 Å². The van der Waals surface area contributed by atoms with Crippen molar-refractivity contribution >= 4 is 11.7 Å². The smallest absolute Gasteiger partial charge is 0.322 e. The summed E-state index contributed by atoms with van der Waals surface area (Å²) in [5.41, 5.74) is 0.662. The zero-order valence-corrected chi connectivity index (χ0v) is 11.4. The molecule has 2 heterocycles. The van der Waals surface area contributed by atoms with Gasteiger partial charge in [-0.25, -0.2) is 4.79 Å². The molecule has 1 N–H and O–H groups in total. The predicted molar refractivity (Wildman–Crippen MR) is 71.8 cm³/mol. The minimum Gasteiger partial charge on any atom is -0.377 e. The van der Waals surface area contributed by atoms with Crippen molar-refractivity contribution in [2.45, 2.75) is 26.3 Å². The Bertz CT molecular complexity index is 410. The summed E-state index contributed by atoms with van der Waals surface area (Å²) < 4.78 is 5.47. The molecule has 1 aliphatic heterocycles. The van der Waals surface area contributed by atoms with Crippen LogP contribution in [-0.2, 0) is 4.74 Å². The Morgan fingerprint density at radius 2 is 2.42 bits per heavy atom. The van der Waals surface area contributed by atoms with Gasteiger partial charge in [-0.1, -0.05) is 13.8 Å². The quantitative estimate of drug-likeness (QED) is 0.903. The highest BCUT2D eigenvalue weighted by Crippen LogP contribution is 2.17. The summed E-state index contributed by atoms with van der Waals surface area (Å²) in [5.74, 6) is 0.532. The van der Waals surface area contributed by atoms with E-state index in [0.717, 1.165) is 6.42 Å². The highest BCUT2D eigenvalue weighted by molar-refractivity contribution is 5.89. The number of ether oxygens (including phenoxy) is 1. The number of aromatic nitrogens is 2. The highest BCUT2D eigenvalue weighted by Gasteiger charge is 2.27. The molecule has 1 aromatic heterocycles. The van der Waals surface area contributed by atoms with Crippen molar-refractivity contribution in [3.63, 3.8) is 0 Å². The number of nitrogens with one attached hydrogen (secondary N) is 1. The third kappa shape index (κ3) is 3.89. The van der Waals surface area contributed by atoms with Crippen molar-refractivity contribution in [3.8, 4) is 0 Å². The number of carbonyl (C=O) groups is 1. The van der Waals surface area contributed by atoms with Crippen LogP contribution < -0.4 is 5.32 Å². The van der Waals surface area contributed by atoms with Crippen LogP contribution >= 0.6 is 0 Å². The molecule has 1 aromatic rings. The van der Waals surface area contributed by atoms with Crippen LogP contribution in [0.1, 0.15) is 20.3 Å². The van der Waals surface area contributed by atoms with Crippen molar-refractivity contribution in [2.24, 2.45) is 5.92 Å². The van der Waals surface area contributed by atoms with Crippen LogP contribution in [0.15, 0.2) is 18.5 Å². The molecule has 6 nitrogen and oxygen atoms in total. The Hall–Kier alpha value is -1.69. The van der Waals surface area contributed by atoms with Crippen molar-refractivity contribution in [2.75, 3.05) is 25.1 Å². The van der Waals surface area contributed by atoms with Crippen molar-refractivity contribution < 1.29 is 9.53 Å². The molecule has 1 unspecified atom stereocenters. The van der Waals surface area contributed by atoms with E-state index < -0.39 is 0 Å². The van der Waals surface area contributed by atoms with Gasteiger partial charge in [-0.05, 0) is 18.4 Å². The molecule has 0 spiro atoms. The second kappa shape index (κ2) is 6.47. The number of hydrogen-bond donors (Lipinski definition) is 1. The number of hydrogen-bond acceptors (Lipinski definition) is 4. The molecule has 1 aliphatic rings. The number of rotatable bonds is 3. The van der Waals surface area contributed by atoms with Gasteiger partial charge in [-0.2, -0.15) is 10.2 Å². The molecule has 19 heavy (non-hydrogen) atoms. The van der Waals surface area contributed by atoms with Gasteiger partial charge in [0.2, 0.25) is 0 Å². The normalized spacial score (nSPS) is 19.5. The number of anilines is 1. The fourth-order valence-electron chi connectivity index (χ4n) is 2.22. The van der Waals surface area contributed by atoms with E-state index in [1.54, 1.807) is 12.3 Å². The second-order valence-corrected chi connectivity index (χ2v) is 5.11. The minimum absolute atomic E-state index is 0.0954. The molecule has 0 bridgehead atoms. The fraction of sp³-hybridized carbons (Fsp3) is 0.615. The molecule has 6 heteroatoms. The third-order valence-corrected chi connectivity index (χ3v) is 3.07. The maximum atomic E-state index is 12.3. The van der Waals surface area contributed by atoms with E-state index in [2.05, 4.69) is 29.4 Å². The lowest BCUT2D eigenvalue weighted by molar-refractivity contribution is 0.00857. The van der Waals surface area contributed by atoms with Crippen molar-refractivity contribution in [1.82, 2.24) is 15.1 Å². The minimum atomic E-state index is -0.0954. The van der Waals surface area contributed by atoms with Gasteiger partial charge in [-0.3, -0.25) is 0 Å². The zero-order chi connectivity index (χ0) is 13.7. The van der Waals surface area contributed by atoms with Gasteiger partial charge in [0.05, 0.1) is 37.3 Å². The zero-order valence-electron chi connectivity index (χ0n) is 11.4. The first kappa shape index (κ1) is 13.7. The van der Waals surface area contributed by atoms with Gasteiger partial charge < -0.3 is 15.0 Å². The lowest BCUT2D eigenvalue weighted by Crippen LogP contribution is -2.50. The van der Waals surface area contributed by atoms with Gasteiger partial charge in [0.1, 0.15) is 0 Å². The molecule has 1 saturated heterocycles. The summed E-state index contributed by atoms with van der Waals surface area (Å²) in [4.78, 5) is 14.1. The molecule has 1 fully saturated rings. The van der Waals surface area contributed by atoms with Crippen molar-refractivity contribution in [1.29, 1.82) is 0 Å². The number of urea groups is 1. The molecule has 2 amide bonds. The van der Waals surface area contributed by atoms with Crippen LogP contribution in [0, 0.1) is 5.92 Å². The molecule has 104 valence electrons. The molecule has 0 aliphatic carbocycles. The predicted octanol–water partition coefficient (Wildman–Crippen LogP) is 1.76. The SMILES string of the molecule is CC(C)CC1COCCN1C(=O)Nc1ccnnc1. The lowest BCUT2D eigenvalue weighted by Gasteiger charge is -2.36. The highest BCUT2D eigenvalue weighted by atomic mass is 16.5. The fourth-order valence-corrected chi connectivity index (χ4v) is 2.22. The second-order valence-electron chi connectivity index (χ2n) is 5.11. The summed E-state index contributed by atoms with van der Waals surface area (Å²) in [5, 5.41) is 10.3. The summed E-state index contributed by atoms with van der Waals surface area (Å²) >= 11 is 0. The molecule has 2 rings (SSSR count). The Labute approximate surface area is 113 Å². The van der Waals surface area contributed by atoms with Gasteiger partial charge in [-0.15, -0.1) is 0 Å². The standard InChI is InChI=1S/C13H20N4O2/c1-10(2)7-12-9-19-6-5-17(12)13(18)16-11-3-4-14-15-8-11/h3-4,8,10,12H,5-7,9H2,1-2H3,(H,14,16,18). The number of carbonyl (C=O) groups excluding carboxylic acids is 1. The molecular weight excluding hydrogens is 244 g/mol. The maximum absolute atomic E-state index is 12.3. The molecule has 0 saturated carbocycles. The van der Waals surface area contributed by atoms with E-state index in [0.29, 0.717) is 31.4 Å². The van der Waals surface area contributed by atoms with Gasteiger partial charge >= 0.3 is 6.03 Å². The average molecular weight is 264 g/mol. The van der Waals surface area contributed by atoms with Crippen LogP contribution in [0.3, 0.4) is 0 Å². The summed E-state index contributed by atoms with van der Waals surface area (Å²) in [7, 11) is 0. The topological polar surface area (TPSA) is 67.3 Å². The Morgan fingerprint density at radius 1 is 1.58 bits per heavy atom. The van der Waals surface area contributed by atoms with Gasteiger partial charge in [0.15, 0.2) is 0 Å². The maximum Gasteiger partial charge on any atom is 0.322 e. The first-order chi connectivity index (χ1) is 9.16. The van der Waals surface area contributed by atoms with Crippen LogP contribution in [0.5, 0.6) is 0 Å². The van der Waals surface area contributed by atoms with Crippen LogP contribution in [0.4, 0.5) is 10.5 Å². The van der Waals surface area contributed by atoms with E-state index in [9.17, 15) is 4.79 Å². The van der Waals surface area contributed by atoms with E-state index in [1.807, 2.05) is 4.90 Å². The molecule has 0 radical (unpaired) electrons. The summed E-state index contributed by atoms with van der Waals surface area (Å²) in [6, 6.07) is 1.77. The number of amides is 2. The van der Waals surface area contributed by atoms with Crippen LogP contribution in [-0.4, -0.2) is 46.9 Å². The van der Waals surface area contributed by atoms with E-state index in [-0.39, 0.29) is 12.1 Å².